The first kappa shape index (κ1) is 16.7. The van der Waals surface area contributed by atoms with E-state index in [0.29, 0.717) is 17.3 Å². The molecule has 1 N–H and O–H groups in total. The molecule has 4 nitrogen and oxygen atoms in total. The summed E-state index contributed by atoms with van der Waals surface area (Å²) in [4.78, 5) is 11.9. The van der Waals surface area contributed by atoms with Crippen molar-refractivity contribution in [1.29, 1.82) is 0 Å². The van der Waals surface area contributed by atoms with Crippen molar-refractivity contribution in [1.82, 2.24) is 0 Å². The van der Waals surface area contributed by atoms with Gasteiger partial charge in [0.15, 0.2) is 0 Å². The van der Waals surface area contributed by atoms with Gasteiger partial charge in [0.1, 0.15) is 18.1 Å². The lowest BCUT2D eigenvalue weighted by Crippen LogP contribution is -2.03. The van der Waals surface area contributed by atoms with Gasteiger partial charge < -0.3 is 14.6 Å². The normalized spacial score (nSPS) is 10.3. The lowest BCUT2D eigenvalue weighted by Gasteiger charge is -2.14. The van der Waals surface area contributed by atoms with Gasteiger partial charge in [0.25, 0.3) is 0 Å². The Morgan fingerprint density at radius 3 is 2.45 bits per heavy atom. The molecule has 116 valence electrons. The van der Waals surface area contributed by atoms with Crippen LogP contribution in [0.1, 0.15) is 15.9 Å². The minimum Gasteiger partial charge on any atom is -0.497 e. The average molecular weight is 383 g/mol. The molecule has 0 saturated carbocycles. The average Bonchev–Trinajstić information content (AvgIpc) is 2.53. The maximum Gasteiger partial charge on any atom is 0.336 e. The highest BCUT2D eigenvalue weighted by Crippen LogP contribution is 2.38. The maximum absolute atomic E-state index is 11.3. The quantitative estimate of drug-likeness (QED) is 0.747. The molecule has 2 aromatic rings. The molecule has 0 atom stereocenters. The highest BCUT2D eigenvalue weighted by atomic mass is 79.9. The zero-order valence-electron chi connectivity index (χ0n) is 12.1. The number of carbonyl (C=O) groups is 1. The molecule has 0 amide bonds. The van der Waals surface area contributed by atoms with Gasteiger partial charge >= 0.3 is 5.97 Å². The summed E-state index contributed by atoms with van der Waals surface area (Å²) < 4.78 is 11.7. The summed E-state index contributed by atoms with van der Waals surface area (Å²) in [5.74, 6) is 0.358. The van der Waals surface area contributed by atoms with Crippen LogP contribution in [0.25, 0.3) is 0 Å². The lowest BCUT2D eigenvalue weighted by molar-refractivity contribution is 0.0692. The summed E-state index contributed by atoms with van der Waals surface area (Å²) in [5, 5.41) is 9.26. The fourth-order valence-corrected chi connectivity index (χ4v) is 3.23. The number of ether oxygens (including phenoxy) is 2. The number of thioether (sulfide) groups is 1. The van der Waals surface area contributed by atoms with Crippen molar-refractivity contribution in [2.45, 2.75) is 11.5 Å². The van der Waals surface area contributed by atoms with Gasteiger partial charge in [-0.05, 0) is 52.0 Å². The van der Waals surface area contributed by atoms with Crippen molar-refractivity contribution < 1.29 is 19.4 Å². The maximum atomic E-state index is 11.3. The van der Waals surface area contributed by atoms with Crippen molar-refractivity contribution in [2.24, 2.45) is 0 Å². The highest BCUT2D eigenvalue weighted by Gasteiger charge is 2.17. The summed E-state index contributed by atoms with van der Waals surface area (Å²) in [6, 6.07) is 10.8. The van der Waals surface area contributed by atoms with Crippen molar-refractivity contribution in [3.63, 3.8) is 0 Å². The van der Waals surface area contributed by atoms with Crippen molar-refractivity contribution in [3.8, 4) is 11.5 Å². The Kier molecular flexibility index (Phi) is 5.74. The number of halogens is 1. The molecule has 22 heavy (non-hydrogen) atoms. The second-order valence-corrected chi connectivity index (χ2v) is 6.07. The molecule has 0 bridgehead atoms. The Bertz CT molecular complexity index is 671. The van der Waals surface area contributed by atoms with Crippen molar-refractivity contribution in [2.75, 3.05) is 13.4 Å². The van der Waals surface area contributed by atoms with Gasteiger partial charge in [-0.15, -0.1) is 11.8 Å². The zero-order chi connectivity index (χ0) is 16.1. The number of carboxylic acid groups (broad SMARTS) is 1. The number of rotatable bonds is 6. The van der Waals surface area contributed by atoms with Crippen molar-refractivity contribution in [3.05, 3.63) is 52.0 Å². The Morgan fingerprint density at radius 1 is 1.23 bits per heavy atom. The van der Waals surface area contributed by atoms with E-state index in [1.807, 2.05) is 30.5 Å². The number of benzene rings is 2. The van der Waals surface area contributed by atoms with E-state index in [-0.39, 0.29) is 5.56 Å². The summed E-state index contributed by atoms with van der Waals surface area (Å²) in [6.45, 7) is 0.346. The summed E-state index contributed by atoms with van der Waals surface area (Å²) in [5.41, 5.74) is 1.21. The standard InChI is InChI=1S/C16H15BrO4S/c1-20-11-5-3-10(4-6-11)9-21-14-13(17)8-7-12(16(18)19)15(14)22-2/h3-8H,9H2,1-2H3,(H,18,19). The third-order valence-electron chi connectivity index (χ3n) is 3.04. The Morgan fingerprint density at radius 2 is 1.91 bits per heavy atom. The van der Waals surface area contributed by atoms with E-state index in [9.17, 15) is 9.90 Å². The van der Waals surface area contributed by atoms with Crippen LogP contribution in [0.3, 0.4) is 0 Å². The van der Waals surface area contributed by atoms with E-state index in [1.54, 1.807) is 19.2 Å². The largest absolute Gasteiger partial charge is 0.497 e. The number of hydrogen-bond acceptors (Lipinski definition) is 4. The molecule has 2 rings (SSSR count). The van der Waals surface area contributed by atoms with Crippen LogP contribution in [0, 0.1) is 0 Å². The van der Waals surface area contributed by atoms with Crippen LogP contribution in [0.4, 0.5) is 0 Å². The molecule has 0 spiro atoms. The fourth-order valence-electron chi connectivity index (χ4n) is 1.92. The van der Waals surface area contributed by atoms with Gasteiger partial charge in [0, 0.05) is 0 Å². The summed E-state index contributed by atoms with van der Waals surface area (Å²) in [7, 11) is 1.62. The Hall–Kier alpha value is -1.66. The van der Waals surface area contributed by atoms with E-state index in [2.05, 4.69) is 15.9 Å². The van der Waals surface area contributed by atoms with Gasteiger partial charge in [-0.1, -0.05) is 12.1 Å². The van der Waals surface area contributed by atoms with Crippen LogP contribution >= 0.6 is 27.7 Å². The predicted octanol–water partition coefficient (Wildman–Crippen LogP) is 4.46. The third kappa shape index (κ3) is 3.75. The molecule has 0 aliphatic carbocycles. The highest BCUT2D eigenvalue weighted by molar-refractivity contribution is 9.10. The number of aromatic carboxylic acids is 1. The first-order valence-electron chi connectivity index (χ1n) is 6.42. The first-order valence-corrected chi connectivity index (χ1v) is 8.44. The molecule has 0 fully saturated rings. The topological polar surface area (TPSA) is 55.8 Å². The second-order valence-electron chi connectivity index (χ2n) is 4.40. The molecule has 0 saturated heterocycles. The molecular weight excluding hydrogens is 368 g/mol. The van der Waals surface area contributed by atoms with Crippen LogP contribution < -0.4 is 9.47 Å². The van der Waals surface area contributed by atoms with Crippen LogP contribution in [-0.4, -0.2) is 24.4 Å². The van der Waals surface area contributed by atoms with Crippen LogP contribution in [0.15, 0.2) is 45.8 Å². The summed E-state index contributed by atoms with van der Waals surface area (Å²) >= 11 is 4.77. The fraction of sp³-hybridized carbons (Fsp3) is 0.188. The smallest absolute Gasteiger partial charge is 0.336 e. The van der Waals surface area contributed by atoms with E-state index in [4.69, 9.17) is 9.47 Å². The first-order chi connectivity index (χ1) is 10.6. The third-order valence-corrected chi connectivity index (χ3v) is 4.48. The van der Waals surface area contributed by atoms with Gasteiger partial charge in [-0.2, -0.15) is 0 Å². The van der Waals surface area contributed by atoms with E-state index >= 15 is 0 Å². The van der Waals surface area contributed by atoms with Crippen LogP contribution in [0.5, 0.6) is 11.5 Å². The van der Waals surface area contributed by atoms with Gasteiger partial charge in [0.05, 0.1) is 22.0 Å². The van der Waals surface area contributed by atoms with Gasteiger partial charge in [0.2, 0.25) is 0 Å². The predicted molar refractivity (Wildman–Crippen MR) is 90.2 cm³/mol. The SMILES string of the molecule is COc1ccc(COc2c(Br)ccc(C(=O)O)c2SC)cc1. The minimum absolute atomic E-state index is 0.237. The lowest BCUT2D eigenvalue weighted by atomic mass is 10.2. The monoisotopic (exact) mass is 382 g/mol. The van der Waals surface area contributed by atoms with Gasteiger partial charge in [-0.3, -0.25) is 0 Å². The minimum atomic E-state index is -0.967. The Labute approximate surface area is 141 Å². The molecule has 0 unspecified atom stereocenters. The second kappa shape index (κ2) is 7.56. The molecule has 0 aromatic heterocycles. The van der Waals surface area contributed by atoms with E-state index < -0.39 is 5.97 Å². The Balaban J connectivity index is 2.24. The van der Waals surface area contributed by atoms with E-state index in [0.717, 1.165) is 15.8 Å². The summed E-state index contributed by atoms with van der Waals surface area (Å²) in [6.07, 6.45) is 1.83. The van der Waals surface area contributed by atoms with E-state index in [1.165, 1.54) is 11.8 Å². The van der Waals surface area contributed by atoms with Crippen LogP contribution in [0.2, 0.25) is 0 Å². The number of methoxy groups -OCH3 is 1. The zero-order valence-corrected chi connectivity index (χ0v) is 14.5. The molecule has 0 aliphatic heterocycles. The molecule has 6 heteroatoms. The molecule has 0 radical (unpaired) electrons. The van der Waals surface area contributed by atoms with Gasteiger partial charge in [-0.25, -0.2) is 4.79 Å². The van der Waals surface area contributed by atoms with Crippen molar-refractivity contribution >= 4 is 33.7 Å². The molecule has 2 aromatic carbocycles. The molecule has 0 aliphatic rings. The molecule has 0 heterocycles. The molecular formula is C16H15BrO4S. The van der Waals surface area contributed by atoms with Crippen LogP contribution in [-0.2, 0) is 6.61 Å². The number of hydrogen-bond donors (Lipinski definition) is 1. The number of carboxylic acids is 1.